The molecule has 0 fully saturated rings. The van der Waals surface area contributed by atoms with Crippen LogP contribution >= 0.6 is 11.3 Å². The Labute approximate surface area is 182 Å². The number of amides is 1. The standard InChI is InChI=1S/C20H20N2O7S2/c1-27-13-9-10-14(28-2)18-17(13)22(11-16(23)29-3)20(30-18)21-19(24)12-7-5-6-8-15(12)31(4,25)26/h5-10H,11H2,1-4H3. The molecule has 0 N–H and O–H groups in total. The van der Waals surface area contributed by atoms with Crippen LogP contribution in [0.15, 0.2) is 46.3 Å². The number of carbonyl (C=O) groups is 2. The maximum Gasteiger partial charge on any atom is 0.325 e. The summed E-state index contributed by atoms with van der Waals surface area (Å²) in [6.45, 7) is -0.236. The zero-order chi connectivity index (χ0) is 22.8. The van der Waals surface area contributed by atoms with Crippen LogP contribution in [0.5, 0.6) is 11.5 Å². The number of ether oxygens (including phenoxy) is 3. The van der Waals surface area contributed by atoms with E-state index in [1.165, 1.54) is 44.1 Å². The molecule has 2 aromatic carbocycles. The van der Waals surface area contributed by atoms with Crippen LogP contribution in [0.2, 0.25) is 0 Å². The molecule has 3 rings (SSSR count). The van der Waals surface area contributed by atoms with E-state index in [-0.39, 0.29) is 21.8 Å². The fourth-order valence-electron chi connectivity index (χ4n) is 2.99. The lowest BCUT2D eigenvalue weighted by molar-refractivity contribution is -0.141. The van der Waals surface area contributed by atoms with Crippen molar-refractivity contribution < 1.29 is 32.2 Å². The molecule has 31 heavy (non-hydrogen) atoms. The summed E-state index contributed by atoms with van der Waals surface area (Å²) in [6.07, 6.45) is 1.02. The summed E-state index contributed by atoms with van der Waals surface area (Å²) in [4.78, 5) is 29.2. The number of methoxy groups -OCH3 is 3. The van der Waals surface area contributed by atoms with Crippen LogP contribution in [-0.2, 0) is 25.9 Å². The molecule has 1 aromatic heterocycles. The average molecular weight is 465 g/mol. The topological polar surface area (TPSA) is 113 Å². The first kappa shape index (κ1) is 22.5. The molecule has 0 atom stereocenters. The molecule has 0 radical (unpaired) electrons. The number of fused-ring (bicyclic) bond motifs is 1. The molecule has 0 saturated carbocycles. The molecule has 1 heterocycles. The summed E-state index contributed by atoms with van der Waals surface area (Å²) in [5.74, 6) is -0.370. The van der Waals surface area contributed by atoms with Gasteiger partial charge in [-0.2, -0.15) is 4.99 Å². The third-order valence-electron chi connectivity index (χ3n) is 4.42. The van der Waals surface area contributed by atoms with Crippen molar-refractivity contribution in [2.24, 2.45) is 4.99 Å². The van der Waals surface area contributed by atoms with Gasteiger partial charge in [0.15, 0.2) is 14.6 Å². The van der Waals surface area contributed by atoms with Crippen LogP contribution in [0.25, 0.3) is 10.2 Å². The Bertz CT molecular complexity index is 1340. The summed E-state index contributed by atoms with van der Waals surface area (Å²) in [7, 11) is 0.575. The van der Waals surface area contributed by atoms with Crippen LogP contribution in [0, 0.1) is 0 Å². The molecular formula is C20H20N2O7S2. The van der Waals surface area contributed by atoms with E-state index in [1.54, 1.807) is 18.2 Å². The zero-order valence-corrected chi connectivity index (χ0v) is 18.9. The monoisotopic (exact) mass is 464 g/mol. The molecular weight excluding hydrogens is 444 g/mol. The summed E-state index contributed by atoms with van der Waals surface area (Å²) >= 11 is 1.11. The Balaban J connectivity index is 2.32. The number of esters is 1. The largest absolute Gasteiger partial charge is 0.495 e. The average Bonchev–Trinajstić information content (AvgIpc) is 3.10. The second-order valence-electron chi connectivity index (χ2n) is 6.38. The van der Waals surface area contributed by atoms with E-state index < -0.39 is 21.7 Å². The lowest BCUT2D eigenvalue weighted by Gasteiger charge is -2.09. The lowest BCUT2D eigenvalue weighted by Crippen LogP contribution is -2.23. The lowest BCUT2D eigenvalue weighted by atomic mass is 10.2. The minimum Gasteiger partial charge on any atom is -0.495 e. The highest BCUT2D eigenvalue weighted by Crippen LogP contribution is 2.35. The SMILES string of the molecule is COC(=O)Cn1c(=NC(=O)c2ccccc2S(C)(=O)=O)sc2c(OC)ccc(OC)c21. The fourth-order valence-corrected chi connectivity index (χ4v) is 5.01. The van der Waals surface area contributed by atoms with E-state index in [9.17, 15) is 18.0 Å². The maximum absolute atomic E-state index is 13.0. The second-order valence-corrected chi connectivity index (χ2v) is 9.34. The van der Waals surface area contributed by atoms with Crippen LogP contribution in [0.3, 0.4) is 0 Å². The van der Waals surface area contributed by atoms with Crippen molar-refractivity contribution in [3.8, 4) is 11.5 Å². The van der Waals surface area contributed by atoms with E-state index in [2.05, 4.69) is 4.99 Å². The van der Waals surface area contributed by atoms with E-state index in [1.807, 2.05) is 0 Å². The number of hydrogen-bond donors (Lipinski definition) is 0. The van der Waals surface area contributed by atoms with Gasteiger partial charge in [-0.15, -0.1) is 0 Å². The quantitative estimate of drug-likeness (QED) is 0.513. The molecule has 11 heteroatoms. The molecule has 0 aliphatic carbocycles. The Morgan fingerprint density at radius 3 is 2.29 bits per heavy atom. The van der Waals surface area contributed by atoms with Gasteiger partial charge in [0.05, 0.1) is 31.8 Å². The normalized spacial score (nSPS) is 12.1. The Kier molecular flexibility index (Phi) is 6.46. The summed E-state index contributed by atoms with van der Waals surface area (Å²) in [5.41, 5.74) is 0.436. The molecule has 0 spiro atoms. The van der Waals surface area contributed by atoms with Gasteiger partial charge in [0.2, 0.25) is 0 Å². The van der Waals surface area contributed by atoms with Gasteiger partial charge in [-0.1, -0.05) is 23.5 Å². The highest BCUT2D eigenvalue weighted by atomic mass is 32.2. The maximum atomic E-state index is 13.0. The third-order valence-corrected chi connectivity index (χ3v) is 6.67. The Morgan fingerprint density at radius 1 is 1.03 bits per heavy atom. The Hall–Kier alpha value is -3.18. The zero-order valence-electron chi connectivity index (χ0n) is 17.2. The van der Waals surface area contributed by atoms with E-state index in [4.69, 9.17) is 14.2 Å². The summed E-state index contributed by atoms with van der Waals surface area (Å²) in [5, 5.41) is 0. The van der Waals surface area contributed by atoms with Crippen molar-refractivity contribution in [3.05, 3.63) is 46.8 Å². The minimum atomic E-state index is -3.65. The smallest absolute Gasteiger partial charge is 0.325 e. The molecule has 164 valence electrons. The molecule has 0 aliphatic rings. The van der Waals surface area contributed by atoms with Gasteiger partial charge in [0.1, 0.15) is 28.3 Å². The van der Waals surface area contributed by atoms with Gasteiger partial charge >= 0.3 is 5.97 Å². The predicted molar refractivity (Wildman–Crippen MR) is 114 cm³/mol. The number of nitrogens with zero attached hydrogens (tertiary/aromatic N) is 2. The van der Waals surface area contributed by atoms with Crippen molar-refractivity contribution in [2.45, 2.75) is 11.4 Å². The first-order valence-electron chi connectivity index (χ1n) is 8.90. The number of rotatable bonds is 6. The number of sulfone groups is 1. The van der Waals surface area contributed by atoms with Gasteiger partial charge in [-0.25, -0.2) is 8.42 Å². The van der Waals surface area contributed by atoms with Gasteiger partial charge < -0.3 is 18.8 Å². The van der Waals surface area contributed by atoms with Crippen molar-refractivity contribution in [1.29, 1.82) is 0 Å². The number of thiazole rings is 1. The molecule has 0 saturated heterocycles. The van der Waals surface area contributed by atoms with E-state index in [0.717, 1.165) is 17.6 Å². The number of hydrogen-bond acceptors (Lipinski definition) is 8. The van der Waals surface area contributed by atoms with E-state index >= 15 is 0 Å². The van der Waals surface area contributed by atoms with E-state index in [0.29, 0.717) is 21.7 Å². The predicted octanol–water partition coefficient (Wildman–Crippen LogP) is 2.04. The first-order valence-corrected chi connectivity index (χ1v) is 11.6. The number of benzene rings is 2. The van der Waals surface area contributed by atoms with Crippen LogP contribution in [0.1, 0.15) is 10.4 Å². The minimum absolute atomic E-state index is 0.0639. The first-order chi connectivity index (χ1) is 14.7. The molecule has 9 nitrogen and oxygen atoms in total. The van der Waals surface area contributed by atoms with Crippen LogP contribution in [-0.4, -0.2) is 52.4 Å². The van der Waals surface area contributed by atoms with Crippen LogP contribution in [0.4, 0.5) is 0 Å². The summed E-state index contributed by atoms with van der Waals surface area (Å²) in [6, 6.07) is 9.19. The van der Waals surface area contributed by atoms with Crippen molar-refractivity contribution in [1.82, 2.24) is 4.57 Å². The highest BCUT2D eigenvalue weighted by Gasteiger charge is 2.21. The summed E-state index contributed by atoms with van der Waals surface area (Å²) < 4.78 is 41.8. The molecule has 1 amide bonds. The second kappa shape index (κ2) is 8.90. The van der Waals surface area contributed by atoms with Gasteiger partial charge in [0, 0.05) is 6.26 Å². The third kappa shape index (κ3) is 4.47. The molecule has 0 aliphatic heterocycles. The van der Waals surface area contributed by atoms with Gasteiger partial charge in [-0.3, -0.25) is 9.59 Å². The van der Waals surface area contributed by atoms with Gasteiger partial charge in [0.25, 0.3) is 5.91 Å². The fraction of sp³-hybridized carbons (Fsp3) is 0.250. The number of carbonyl (C=O) groups excluding carboxylic acids is 2. The molecule has 0 bridgehead atoms. The molecule has 0 unspecified atom stereocenters. The van der Waals surface area contributed by atoms with Gasteiger partial charge in [-0.05, 0) is 24.3 Å². The number of aromatic nitrogens is 1. The van der Waals surface area contributed by atoms with Crippen molar-refractivity contribution in [2.75, 3.05) is 27.6 Å². The van der Waals surface area contributed by atoms with Crippen molar-refractivity contribution in [3.63, 3.8) is 0 Å². The molecule has 3 aromatic rings. The van der Waals surface area contributed by atoms with Crippen molar-refractivity contribution >= 4 is 43.3 Å². The highest BCUT2D eigenvalue weighted by molar-refractivity contribution is 7.90. The van der Waals surface area contributed by atoms with Crippen LogP contribution < -0.4 is 14.3 Å². The Morgan fingerprint density at radius 2 is 1.68 bits per heavy atom.